The second-order valence-electron chi connectivity index (χ2n) is 8.56. The number of ether oxygens (including phenoxy) is 2. The molecule has 188 valence electrons. The first-order valence-corrected chi connectivity index (χ1v) is 12.1. The first-order chi connectivity index (χ1) is 16.6. The maximum atomic E-state index is 12.4. The summed E-state index contributed by atoms with van der Waals surface area (Å²) in [5, 5.41) is 3.02. The van der Waals surface area contributed by atoms with Crippen molar-refractivity contribution < 1.29 is 19.1 Å². The van der Waals surface area contributed by atoms with Crippen LogP contribution in [0, 0.1) is 0 Å². The fraction of sp³-hybridized carbons (Fsp3) is 0.407. The second kappa shape index (κ2) is 13.2. The summed E-state index contributed by atoms with van der Waals surface area (Å²) in [5.41, 5.74) is 3.35. The number of amides is 1. The smallest absolute Gasteiger partial charge is 0.338 e. The monoisotopic (exact) mass is 499 g/mol. The normalized spacial score (nSPS) is 15.2. The lowest BCUT2D eigenvalue weighted by atomic mass is 10.1. The number of benzene rings is 2. The summed E-state index contributed by atoms with van der Waals surface area (Å²) in [7, 11) is 0. The number of nitrogens with zero attached hydrogens (tertiary/aromatic N) is 2. The SMILES string of the molecule is CCOC(=O)c1ccc(N2CCN(CCCCNC(=O)C3=Cc4ccccc4OC3)CC2)cc1.Cl. The molecule has 1 fully saturated rings. The van der Waals surface area contributed by atoms with Gasteiger partial charge in [0, 0.05) is 44.0 Å². The minimum absolute atomic E-state index is 0. The molecule has 8 heteroatoms. The van der Waals surface area contributed by atoms with E-state index in [1.807, 2.05) is 61.5 Å². The van der Waals surface area contributed by atoms with Gasteiger partial charge < -0.3 is 19.7 Å². The maximum Gasteiger partial charge on any atom is 0.338 e. The largest absolute Gasteiger partial charge is 0.488 e. The van der Waals surface area contributed by atoms with Crippen LogP contribution in [0.15, 0.2) is 54.1 Å². The van der Waals surface area contributed by atoms with E-state index < -0.39 is 0 Å². The standard InChI is InChI=1S/C27H33N3O4.ClH/c1-2-33-27(32)21-9-11-24(12-10-21)30-17-15-29(16-18-30)14-6-5-13-28-26(31)23-19-22-7-3-4-8-25(22)34-20-23;/h3-4,7-12,19H,2,5-6,13-18,20H2,1H3,(H,28,31);1H. The van der Waals surface area contributed by atoms with Crippen molar-refractivity contribution in [3.63, 3.8) is 0 Å². The molecule has 2 aromatic carbocycles. The van der Waals surface area contributed by atoms with E-state index in [0.29, 0.717) is 30.9 Å². The number of carbonyl (C=O) groups excluding carboxylic acids is 2. The predicted octanol–water partition coefficient (Wildman–Crippen LogP) is 3.78. The van der Waals surface area contributed by atoms with Crippen LogP contribution in [0.4, 0.5) is 5.69 Å². The van der Waals surface area contributed by atoms with Crippen molar-refractivity contribution in [1.29, 1.82) is 0 Å². The van der Waals surface area contributed by atoms with E-state index in [-0.39, 0.29) is 24.3 Å². The fourth-order valence-corrected chi connectivity index (χ4v) is 4.28. The molecule has 0 bridgehead atoms. The maximum absolute atomic E-state index is 12.4. The fourth-order valence-electron chi connectivity index (χ4n) is 4.28. The molecule has 0 aromatic heterocycles. The molecule has 1 amide bonds. The van der Waals surface area contributed by atoms with Gasteiger partial charge in [0.25, 0.3) is 5.91 Å². The van der Waals surface area contributed by atoms with E-state index in [2.05, 4.69) is 15.1 Å². The van der Waals surface area contributed by atoms with Gasteiger partial charge in [-0.15, -0.1) is 12.4 Å². The van der Waals surface area contributed by atoms with Crippen LogP contribution in [-0.2, 0) is 9.53 Å². The lowest BCUT2D eigenvalue weighted by molar-refractivity contribution is -0.117. The number of piperazine rings is 1. The molecular weight excluding hydrogens is 466 g/mol. The summed E-state index contributed by atoms with van der Waals surface area (Å²) in [6, 6.07) is 15.4. The summed E-state index contributed by atoms with van der Waals surface area (Å²) in [4.78, 5) is 29.1. The quantitative estimate of drug-likeness (QED) is 0.418. The molecule has 4 rings (SSSR count). The van der Waals surface area contributed by atoms with E-state index in [1.54, 1.807) is 0 Å². The van der Waals surface area contributed by atoms with Crippen molar-refractivity contribution in [2.75, 3.05) is 57.4 Å². The van der Waals surface area contributed by atoms with Crippen LogP contribution in [0.2, 0.25) is 0 Å². The van der Waals surface area contributed by atoms with Gasteiger partial charge in [0.1, 0.15) is 12.4 Å². The number of hydrogen-bond donors (Lipinski definition) is 1. The number of para-hydroxylation sites is 1. The molecule has 1 N–H and O–H groups in total. The highest BCUT2D eigenvalue weighted by Crippen LogP contribution is 2.25. The molecule has 0 saturated carbocycles. The molecule has 35 heavy (non-hydrogen) atoms. The molecule has 2 aliphatic heterocycles. The van der Waals surface area contributed by atoms with Crippen LogP contribution in [0.1, 0.15) is 35.7 Å². The minimum Gasteiger partial charge on any atom is -0.488 e. The Hall–Kier alpha value is -3.03. The van der Waals surface area contributed by atoms with E-state index >= 15 is 0 Å². The van der Waals surface area contributed by atoms with Crippen LogP contribution < -0.4 is 15.0 Å². The number of carbonyl (C=O) groups is 2. The number of rotatable bonds is 9. The van der Waals surface area contributed by atoms with Crippen molar-refractivity contribution in [3.8, 4) is 5.75 Å². The number of hydrogen-bond acceptors (Lipinski definition) is 6. The summed E-state index contributed by atoms with van der Waals surface area (Å²) >= 11 is 0. The van der Waals surface area contributed by atoms with Gasteiger partial charge in [-0.1, -0.05) is 18.2 Å². The highest BCUT2D eigenvalue weighted by molar-refractivity contribution is 5.99. The van der Waals surface area contributed by atoms with Crippen molar-refractivity contribution >= 4 is 36.0 Å². The molecule has 7 nitrogen and oxygen atoms in total. The van der Waals surface area contributed by atoms with E-state index in [0.717, 1.165) is 62.6 Å². The molecule has 0 spiro atoms. The first kappa shape index (κ1) is 26.6. The summed E-state index contributed by atoms with van der Waals surface area (Å²) in [6.07, 6.45) is 3.91. The van der Waals surface area contributed by atoms with Gasteiger partial charge in [0.15, 0.2) is 0 Å². The molecule has 2 heterocycles. The molecule has 0 aliphatic carbocycles. The van der Waals surface area contributed by atoms with E-state index in [9.17, 15) is 9.59 Å². The Morgan fingerprint density at radius 3 is 2.49 bits per heavy atom. The van der Waals surface area contributed by atoms with E-state index in [1.165, 1.54) is 0 Å². The molecule has 2 aliphatic rings. The second-order valence-corrected chi connectivity index (χ2v) is 8.56. The van der Waals surface area contributed by atoms with Crippen LogP contribution in [0.25, 0.3) is 6.08 Å². The van der Waals surface area contributed by atoms with Crippen LogP contribution in [0.5, 0.6) is 5.75 Å². The molecule has 0 atom stereocenters. The highest BCUT2D eigenvalue weighted by atomic mass is 35.5. The average molecular weight is 500 g/mol. The van der Waals surface area contributed by atoms with Gasteiger partial charge >= 0.3 is 5.97 Å². The summed E-state index contributed by atoms with van der Waals surface area (Å²) < 4.78 is 10.7. The van der Waals surface area contributed by atoms with Crippen LogP contribution in [-0.4, -0.2) is 69.3 Å². The molecule has 1 saturated heterocycles. The zero-order valence-corrected chi connectivity index (χ0v) is 21.0. The number of nitrogens with one attached hydrogen (secondary N) is 1. The summed E-state index contributed by atoms with van der Waals surface area (Å²) in [6.45, 7) is 8.16. The zero-order valence-electron chi connectivity index (χ0n) is 20.2. The van der Waals surface area contributed by atoms with Crippen molar-refractivity contribution in [1.82, 2.24) is 10.2 Å². The van der Waals surface area contributed by atoms with Crippen molar-refractivity contribution in [3.05, 3.63) is 65.2 Å². The number of halogens is 1. The van der Waals surface area contributed by atoms with Crippen LogP contribution in [0.3, 0.4) is 0 Å². The van der Waals surface area contributed by atoms with Gasteiger partial charge in [0.05, 0.1) is 17.7 Å². The molecule has 2 aromatic rings. The lowest BCUT2D eigenvalue weighted by Crippen LogP contribution is -2.46. The Labute approximate surface area is 213 Å². The molecule has 0 unspecified atom stereocenters. The third-order valence-electron chi connectivity index (χ3n) is 6.23. The van der Waals surface area contributed by atoms with Gasteiger partial charge in [-0.3, -0.25) is 9.69 Å². The lowest BCUT2D eigenvalue weighted by Gasteiger charge is -2.36. The van der Waals surface area contributed by atoms with Gasteiger partial charge in [-0.2, -0.15) is 0 Å². The van der Waals surface area contributed by atoms with Crippen LogP contribution >= 0.6 is 12.4 Å². The van der Waals surface area contributed by atoms with Gasteiger partial charge in [-0.05, 0) is 62.7 Å². The summed E-state index contributed by atoms with van der Waals surface area (Å²) in [5.74, 6) is 0.508. The number of unbranched alkanes of at least 4 members (excludes halogenated alkanes) is 1. The zero-order chi connectivity index (χ0) is 23.8. The molecular formula is C27H34ClN3O4. The number of fused-ring (bicyclic) bond motifs is 1. The Morgan fingerprint density at radius 1 is 1.00 bits per heavy atom. The first-order valence-electron chi connectivity index (χ1n) is 12.1. The Morgan fingerprint density at radius 2 is 1.74 bits per heavy atom. The average Bonchev–Trinajstić information content (AvgIpc) is 2.88. The van der Waals surface area contributed by atoms with Gasteiger partial charge in [-0.25, -0.2) is 4.79 Å². The Balaban J connectivity index is 0.00000342. The Kier molecular flexibility index (Phi) is 9.99. The number of esters is 1. The molecule has 0 radical (unpaired) electrons. The van der Waals surface area contributed by atoms with Gasteiger partial charge in [0.2, 0.25) is 0 Å². The highest BCUT2D eigenvalue weighted by Gasteiger charge is 2.18. The van der Waals surface area contributed by atoms with E-state index in [4.69, 9.17) is 9.47 Å². The third kappa shape index (κ3) is 7.23. The number of anilines is 1. The third-order valence-corrected chi connectivity index (χ3v) is 6.23. The van der Waals surface area contributed by atoms with Crippen molar-refractivity contribution in [2.24, 2.45) is 0 Å². The predicted molar refractivity (Wildman–Crippen MR) is 140 cm³/mol. The topological polar surface area (TPSA) is 71.1 Å². The minimum atomic E-state index is -0.274. The van der Waals surface area contributed by atoms with Crippen molar-refractivity contribution in [2.45, 2.75) is 19.8 Å². The Bertz CT molecular complexity index is 1020.